The van der Waals surface area contributed by atoms with Gasteiger partial charge in [-0.15, -0.1) is 0 Å². The monoisotopic (exact) mass is 357 g/mol. The molecule has 0 aliphatic heterocycles. The number of aromatic nitrogens is 2. The van der Waals surface area contributed by atoms with Crippen LogP contribution in [0.3, 0.4) is 0 Å². The van der Waals surface area contributed by atoms with Crippen LogP contribution >= 0.6 is 0 Å². The van der Waals surface area contributed by atoms with E-state index < -0.39 is 11.1 Å². The molecule has 132 valence electrons. The van der Waals surface area contributed by atoms with Gasteiger partial charge in [-0.3, -0.25) is 14.4 Å². The van der Waals surface area contributed by atoms with Crippen molar-refractivity contribution in [1.82, 2.24) is 9.97 Å². The predicted octanol–water partition coefficient (Wildman–Crippen LogP) is 3.14. The molecule has 3 aromatic carbocycles. The number of hydrogen-bond acceptors (Lipinski definition) is 3. The molecule has 0 spiro atoms. The maximum Gasteiger partial charge on any atom is 0.314 e. The molecule has 0 aliphatic carbocycles. The van der Waals surface area contributed by atoms with Gasteiger partial charge in [0.2, 0.25) is 0 Å². The minimum Gasteiger partial charge on any atom is -0.322 e. The third kappa shape index (κ3) is 3.41. The zero-order valence-electron chi connectivity index (χ0n) is 14.2. The summed E-state index contributed by atoms with van der Waals surface area (Å²) in [6, 6.07) is 22.2. The van der Waals surface area contributed by atoms with Gasteiger partial charge >= 0.3 is 11.1 Å². The molecule has 1 aromatic heterocycles. The first-order chi connectivity index (χ1) is 13.1. The van der Waals surface area contributed by atoms with E-state index in [2.05, 4.69) is 15.3 Å². The zero-order valence-corrected chi connectivity index (χ0v) is 14.2. The molecular formula is C21H15N3O3. The van der Waals surface area contributed by atoms with E-state index in [-0.39, 0.29) is 5.91 Å². The van der Waals surface area contributed by atoms with E-state index in [1.165, 1.54) is 6.07 Å². The molecule has 0 atom stereocenters. The topological polar surface area (TPSA) is 94.8 Å². The molecule has 6 nitrogen and oxygen atoms in total. The number of fused-ring (bicyclic) bond motifs is 1. The summed E-state index contributed by atoms with van der Waals surface area (Å²) in [4.78, 5) is 40.2. The summed E-state index contributed by atoms with van der Waals surface area (Å²) in [5.74, 6) is -0.309. The Morgan fingerprint density at radius 1 is 0.704 bits per heavy atom. The van der Waals surface area contributed by atoms with E-state index in [4.69, 9.17) is 0 Å². The minimum absolute atomic E-state index is 0.309. The Morgan fingerprint density at radius 2 is 1.33 bits per heavy atom. The first kappa shape index (κ1) is 16.5. The van der Waals surface area contributed by atoms with E-state index in [0.29, 0.717) is 22.3 Å². The van der Waals surface area contributed by atoms with Crippen LogP contribution in [0.25, 0.3) is 22.2 Å². The molecule has 1 heterocycles. The second-order valence-electron chi connectivity index (χ2n) is 6.07. The number of hydrogen-bond donors (Lipinski definition) is 3. The number of H-pyrrole nitrogens is 2. The normalized spacial score (nSPS) is 10.7. The van der Waals surface area contributed by atoms with Crippen molar-refractivity contribution < 1.29 is 4.79 Å². The van der Waals surface area contributed by atoms with Crippen molar-refractivity contribution in [2.75, 3.05) is 5.32 Å². The Balaban J connectivity index is 1.57. The number of anilines is 1. The Kier molecular flexibility index (Phi) is 4.14. The van der Waals surface area contributed by atoms with Gasteiger partial charge in [0.15, 0.2) is 0 Å². The average molecular weight is 357 g/mol. The lowest BCUT2D eigenvalue weighted by atomic mass is 10.1. The standard InChI is InChI=1S/C21H15N3O3/c25-19(15-8-11-17-18(12-15)24-21(27)20(26)23-17)22-16-9-6-14(7-10-16)13-4-2-1-3-5-13/h1-12H,(H,22,25)(H,23,26)(H,24,27). The van der Waals surface area contributed by atoms with Crippen LogP contribution in [-0.4, -0.2) is 15.9 Å². The van der Waals surface area contributed by atoms with Gasteiger partial charge in [0.05, 0.1) is 11.0 Å². The van der Waals surface area contributed by atoms with Crippen LogP contribution in [0.5, 0.6) is 0 Å². The van der Waals surface area contributed by atoms with Gasteiger partial charge in [-0.05, 0) is 41.5 Å². The van der Waals surface area contributed by atoms with Crippen LogP contribution in [-0.2, 0) is 0 Å². The molecule has 27 heavy (non-hydrogen) atoms. The molecule has 0 saturated carbocycles. The quantitative estimate of drug-likeness (QED) is 0.492. The first-order valence-electron chi connectivity index (χ1n) is 8.33. The Hall–Kier alpha value is -3.93. The number of nitrogens with one attached hydrogen (secondary N) is 3. The van der Waals surface area contributed by atoms with Crippen LogP contribution in [0.4, 0.5) is 5.69 Å². The van der Waals surface area contributed by atoms with E-state index in [9.17, 15) is 14.4 Å². The number of aromatic amines is 2. The molecule has 0 unspecified atom stereocenters. The summed E-state index contributed by atoms with van der Waals surface area (Å²) in [6.07, 6.45) is 0. The number of carbonyl (C=O) groups is 1. The third-order valence-corrected chi connectivity index (χ3v) is 4.23. The highest BCUT2D eigenvalue weighted by molar-refractivity contribution is 6.05. The smallest absolute Gasteiger partial charge is 0.314 e. The van der Waals surface area contributed by atoms with Crippen molar-refractivity contribution >= 4 is 22.6 Å². The zero-order chi connectivity index (χ0) is 18.8. The summed E-state index contributed by atoms with van der Waals surface area (Å²) in [5, 5.41) is 2.82. The molecular weight excluding hydrogens is 342 g/mol. The van der Waals surface area contributed by atoms with Crippen molar-refractivity contribution in [3.05, 3.63) is 99.1 Å². The van der Waals surface area contributed by atoms with E-state index in [0.717, 1.165) is 11.1 Å². The van der Waals surface area contributed by atoms with Gasteiger partial charge in [0.1, 0.15) is 0 Å². The van der Waals surface area contributed by atoms with Gasteiger partial charge in [0.25, 0.3) is 5.91 Å². The summed E-state index contributed by atoms with van der Waals surface area (Å²) in [6.45, 7) is 0. The molecule has 0 bridgehead atoms. The van der Waals surface area contributed by atoms with Crippen molar-refractivity contribution in [3.8, 4) is 11.1 Å². The van der Waals surface area contributed by atoms with Gasteiger partial charge in [-0.2, -0.15) is 0 Å². The fraction of sp³-hybridized carbons (Fsp3) is 0. The van der Waals surface area contributed by atoms with Crippen LogP contribution in [0.1, 0.15) is 10.4 Å². The maximum atomic E-state index is 12.5. The number of amides is 1. The predicted molar refractivity (Wildman–Crippen MR) is 105 cm³/mol. The molecule has 0 radical (unpaired) electrons. The highest BCUT2D eigenvalue weighted by Crippen LogP contribution is 2.21. The van der Waals surface area contributed by atoms with Crippen molar-refractivity contribution in [1.29, 1.82) is 0 Å². The first-order valence-corrected chi connectivity index (χ1v) is 8.33. The molecule has 0 saturated heterocycles. The fourth-order valence-corrected chi connectivity index (χ4v) is 2.84. The van der Waals surface area contributed by atoms with Crippen molar-refractivity contribution in [2.45, 2.75) is 0 Å². The highest BCUT2D eigenvalue weighted by Gasteiger charge is 2.09. The number of benzene rings is 3. The van der Waals surface area contributed by atoms with E-state index in [1.54, 1.807) is 12.1 Å². The van der Waals surface area contributed by atoms with Crippen LogP contribution in [0.15, 0.2) is 82.4 Å². The molecule has 0 aliphatic rings. The summed E-state index contributed by atoms with van der Waals surface area (Å²) < 4.78 is 0. The number of rotatable bonds is 3. The summed E-state index contributed by atoms with van der Waals surface area (Å²) >= 11 is 0. The lowest BCUT2D eigenvalue weighted by molar-refractivity contribution is 0.102. The average Bonchev–Trinajstić information content (AvgIpc) is 2.70. The Labute approximate surface area is 153 Å². The molecule has 1 amide bonds. The molecule has 6 heteroatoms. The second kappa shape index (κ2) is 6.76. The second-order valence-corrected chi connectivity index (χ2v) is 6.07. The lowest BCUT2D eigenvalue weighted by Gasteiger charge is -2.08. The summed E-state index contributed by atoms with van der Waals surface area (Å²) in [7, 11) is 0. The SMILES string of the molecule is O=C(Nc1ccc(-c2ccccc2)cc1)c1ccc2[nH]c(=O)c(=O)[nH]c2c1. The van der Waals surface area contributed by atoms with E-state index in [1.807, 2.05) is 54.6 Å². The number of carbonyl (C=O) groups excluding carboxylic acids is 1. The maximum absolute atomic E-state index is 12.5. The Bertz CT molecular complexity index is 1240. The molecule has 4 aromatic rings. The lowest BCUT2D eigenvalue weighted by Crippen LogP contribution is -2.29. The van der Waals surface area contributed by atoms with Crippen LogP contribution in [0, 0.1) is 0 Å². The molecule has 3 N–H and O–H groups in total. The molecule has 0 fully saturated rings. The minimum atomic E-state index is -0.753. The van der Waals surface area contributed by atoms with Gasteiger partial charge in [-0.25, -0.2) is 0 Å². The largest absolute Gasteiger partial charge is 0.322 e. The summed E-state index contributed by atoms with van der Waals surface area (Å²) in [5.41, 5.74) is 2.57. The van der Waals surface area contributed by atoms with E-state index >= 15 is 0 Å². The molecule has 4 rings (SSSR count). The Morgan fingerprint density at radius 3 is 2.04 bits per heavy atom. The van der Waals surface area contributed by atoms with Gasteiger partial charge in [-0.1, -0.05) is 42.5 Å². The highest BCUT2D eigenvalue weighted by atomic mass is 16.2. The van der Waals surface area contributed by atoms with Gasteiger partial charge < -0.3 is 15.3 Å². The van der Waals surface area contributed by atoms with Crippen molar-refractivity contribution in [2.24, 2.45) is 0 Å². The van der Waals surface area contributed by atoms with Crippen LogP contribution in [0.2, 0.25) is 0 Å². The van der Waals surface area contributed by atoms with Crippen molar-refractivity contribution in [3.63, 3.8) is 0 Å². The van der Waals surface area contributed by atoms with Gasteiger partial charge in [0, 0.05) is 11.3 Å². The van der Waals surface area contributed by atoms with Crippen LogP contribution < -0.4 is 16.4 Å². The fourth-order valence-electron chi connectivity index (χ4n) is 2.84. The third-order valence-electron chi connectivity index (χ3n) is 4.23.